The summed E-state index contributed by atoms with van der Waals surface area (Å²) in [5.74, 6) is 0.783. The first kappa shape index (κ1) is 8.56. The van der Waals surface area contributed by atoms with Crippen molar-refractivity contribution in [3.8, 4) is 5.88 Å². The van der Waals surface area contributed by atoms with Crippen molar-refractivity contribution in [2.75, 3.05) is 13.7 Å². The van der Waals surface area contributed by atoms with Gasteiger partial charge in [-0.3, -0.25) is 4.68 Å². The Morgan fingerprint density at radius 3 is 3.08 bits per heavy atom. The van der Waals surface area contributed by atoms with Gasteiger partial charge < -0.3 is 10.1 Å². The number of hydrogen-bond acceptors (Lipinski definition) is 3. The van der Waals surface area contributed by atoms with Crippen LogP contribution in [0.1, 0.15) is 24.2 Å². The van der Waals surface area contributed by atoms with E-state index in [0.717, 1.165) is 18.8 Å². The monoisotopic (exact) mass is 181 g/mol. The summed E-state index contributed by atoms with van der Waals surface area (Å²) in [4.78, 5) is 0. The zero-order chi connectivity index (χ0) is 9.42. The highest BCUT2D eigenvalue weighted by atomic mass is 16.5. The van der Waals surface area contributed by atoms with Crippen LogP contribution < -0.4 is 10.1 Å². The molecule has 2 heterocycles. The summed E-state index contributed by atoms with van der Waals surface area (Å²) in [7, 11) is 3.64. The lowest BCUT2D eigenvalue weighted by Gasteiger charge is -2.21. The van der Waals surface area contributed by atoms with Gasteiger partial charge >= 0.3 is 0 Å². The van der Waals surface area contributed by atoms with E-state index < -0.39 is 0 Å². The van der Waals surface area contributed by atoms with Gasteiger partial charge in [-0.05, 0) is 13.3 Å². The molecule has 0 fully saturated rings. The molecule has 0 spiro atoms. The summed E-state index contributed by atoms with van der Waals surface area (Å²) in [6.07, 6.45) is 1.01. The molecular weight excluding hydrogens is 166 g/mol. The second-order valence-electron chi connectivity index (χ2n) is 3.42. The number of ether oxygens (including phenoxy) is 1. The number of methoxy groups -OCH3 is 1. The number of aryl methyl sites for hydroxylation is 1. The summed E-state index contributed by atoms with van der Waals surface area (Å²) < 4.78 is 7.13. The Labute approximate surface area is 77.9 Å². The molecular formula is C9H15N3O. The largest absolute Gasteiger partial charge is 0.480 e. The van der Waals surface area contributed by atoms with Crippen molar-refractivity contribution in [2.45, 2.75) is 19.4 Å². The van der Waals surface area contributed by atoms with E-state index >= 15 is 0 Å². The molecule has 1 aliphatic rings. The summed E-state index contributed by atoms with van der Waals surface area (Å²) in [6, 6.07) is 0.380. The number of rotatable bonds is 1. The molecule has 72 valence electrons. The van der Waals surface area contributed by atoms with Crippen LogP contribution in [0.3, 0.4) is 0 Å². The van der Waals surface area contributed by atoms with Crippen LogP contribution in [0.15, 0.2) is 0 Å². The first-order valence-electron chi connectivity index (χ1n) is 4.57. The van der Waals surface area contributed by atoms with E-state index in [0.29, 0.717) is 6.04 Å². The molecule has 0 bridgehead atoms. The fourth-order valence-corrected chi connectivity index (χ4v) is 2.01. The molecule has 2 rings (SSSR count). The third kappa shape index (κ3) is 1.21. The maximum absolute atomic E-state index is 5.22. The fourth-order valence-electron chi connectivity index (χ4n) is 2.01. The first-order chi connectivity index (χ1) is 6.24. The summed E-state index contributed by atoms with van der Waals surface area (Å²) in [5.41, 5.74) is 2.51. The van der Waals surface area contributed by atoms with Gasteiger partial charge in [0.15, 0.2) is 0 Å². The first-order valence-corrected chi connectivity index (χ1v) is 4.57. The number of nitrogens with zero attached hydrogens (tertiary/aromatic N) is 2. The zero-order valence-electron chi connectivity index (χ0n) is 8.29. The normalized spacial score (nSPS) is 21.3. The highest BCUT2D eigenvalue weighted by Gasteiger charge is 2.24. The lowest BCUT2D eigenvalue weighted by molar-refractivity contribution is 0.387. The number of nitrogens with one attached hydrogen (secondary N) is 1. The Hall–Kier alpha value is -1.03. The third-order valence-corrected chi connectivity index (χ3v) is 2.59. The average molecular weight is 181 g/mol. The quantitative estimate of drug-likeness (QED) is 0.691. The summed E-state index contributed by atoms with van der Waals surface area (Å²) in [6.45, 7) is 3.16. The van der Waals surface area contributed by atoms with Crippen molar-refractivity contribution >= 4 is 0 Å². The van der Waals surface area contributed by atoms with Crippen molar-refractivity contribution in [3.63, 3.8) is 0 Å². The summed E-state index contributed by atoms with van der Waals surface area (Å²) in [5, 5.41) is 7.72. The van der Waals surface area contributed by atoms with Crippen LogP contribution in [0.25, 0.3) is 0 Å². The van der Waals surface area contributed by atoms with Gasteiger partial charge in [0, 0.05) is 25.2 Å². The molecule has 1 aromatic rings. The fraction of sp³-hybridized carbons (Fsp3) is 0.667. The smallest absolute Gasteiger partial charge is 0.236 e. The van der Waals surface area contributed by atoms with E-state index in [4.69, 9.17) is 4.74 Å². The Balaban J connectivity index is 2.51. The predicted molar refractivity (Wildman–Crippen MR) is 49.9 cm³/mol. The molecule has 4 nitrogen and oxygen atoms in total. The second kappa shape index (κ2) is 3.03. The maximum Gasteiger partial charge on any atom is 0.236 e. The Kier molecular flexibility index (Phi) is 2.00. The van der Waals surface area contributed by atoms with E-state index in [2.05, 4.69) is 17.3 Å². The van der Waals surface area contributed by atoms with Gasteiger partial charge in [0.2, 0.25) is 5.88 Å². The van der Waals surface area contributed by atoms with Gasteiger partial charge in [-0.25, -0.2) is 0 Å². The van der Waals surface area contributed by atoms with Gasteiger partial charge in [-0.15, -0.1) is 5.10 Å². The molecule has 0 aliphatic carbocycles. The van der Waals surface area contributed by atoms with E-state index in [1.165, 1.54) is 11.3 Å². The van der Waals surface area contributed by atoms with Gasteiger partial charge in [0.05, 0.1) is 12.8 Å². The minimum atomic E-state index is 0.380. The zero-order valence-corrected chi connectivity index (χ0v) is 8.29. The molecule has 0 radical (unpaired) electrons. The standard InChI is InChI=1S/C9H15N3O/c1-6-8-7(4-5-10-6)9(13-3)11-12(8)2/h6,10H,4-5H2,1-3H3. The summed E-state index contributed by atoms with van der Waals surface area (Å²) >= 11 is 0. The lowest BCUT2D eigenvalue weighted by atomic mass is 10.0. The highest BCUT2D eigenvalue weighted by molar-refractivity contribution is 5.35. The van der Waals surface area contributed by atoms with Crippen LogP contribution in [0, 0.1) is 0 Å². The molecule has 0 aromatic carbocycles. The van der Waals surface area contributed by atoms with Crippen molar-refractivity contribution in [1.82, 2.24) is 15.1 Å². The van der Waals surface area contributed by atoms with E-state index in [1.807, 2.05) is 11.7 Å². The predicted octanol–water partition coefficient (Wildman–Crippen LogP) is 0.635. The molecule has 1 aliphatic heterocycles. The second-order valence-corrected chi connectivity index (χ2v) is 3.42. The minimum absolute atomic E-state index is 0.380. The van der Waals surface area contributed by atoms with Crippen molar-refractivity contribution < 1.29 is 4.74 Å². The topological polar surface area (TPSA) is 39.1 Å². The van der Waals surface area contributed by atoms with Crippen molar-refractivity contribution in [1.29, 1.82) is 0 Å². The maximum atomic E-state index is 5.22. The molecule has 0 saturated carbocycles. The molecule has 1 N–H and O–H groups in total. The number of hydrogen-bond donors (Lipinski definition) is 1. The van der Waals surface area contributed by atoms with E-state index in [1.54, 1.807) is 7.11 Å². The molecule has 1 aromatic heterocycles. The average Bonchev–Trinajstić information content (AvgIpc) is 2.44. The van der Waals surface area contributed by atoms with Crippen LogP contribution in [0.2, 0.25) is 0 Å². The van der Waals surface area contributed by atoms with Gasteiger partial charge in [-0.1, -0.05) is 0 Å². The van der Waals surface area contributed by atoms with Crippen LogP contribution in [0.5, 0.6) is 5.88 Å². The lowest BCUT2D eigenvalue weighted by Crippen LogP contribution is -2.29. The van der Waals surface area contributed by atoms with Gasteiger partial charge in [0.1, 0.15) is 0 Å². The molecule has 13 heavy (non-hydrogen) atoms. The number of fused-ring (bicyclic) bond motifs is 1. The van der Waals surface area contributed by atoms with Crippen LogP contribution in [-0.4, -0.2) is 23.4 Å². The van der Waals surface area contributed by atoms with Crippen LogP contribution in [0.4, 0.5) is 0 Å². The molecule has 0 saturated heterocycles. The van der Waals surface area contributed by atoms with Crippen molar-refractivity contribution in [2.24, 2.45) is 7.05 Å². The van der Waals surface area contributed by atoms with Crippen LogP contribution >= 0.6 is 0 Å². The molecule has 4 heteroatoms. The van der Waals surface area contributed by atoms with Gasteiger partial charge in [-0.2, -0.15) is 0 Å². The third-order valence-electron chi connectivity index (χ3n) is 2.59. The Morgan fingerprint density at radius 2 is 2.38 bits per heavy atom. The van der Waals surface area contributed by atoms with E-state index in [9.17, 15) is 0 Å². The SMILES string of the molecule is COc1nn(C)c2c1CCNC2C. The Bertz CT molecular complexity index is 319. The van der Waals surface area contributed by atoms with E-state index in [-0.39, 0.29) is 0 Å². The molecule has 1 unspecified atom stereocenters. The molecule has 0 amide bonds. The van der Waals surface area contributed by atoms with Crippen LogP contribution in [-0.2, 0) is 13.5 Å². The molecule has 1 atom stereocenters. The number of aromatic nitrogens is 2. The Morgan fingerprint density at radius 1 is 1.62 bits per heavy atom. The highest BCUT2D eigenvalue weighted by Crippen LogP contribution is 2.28. The van der Waals surface area contributed by atoms with Gasteiger partial charge in [0.25, 0.3) is 0 Å². The minimum Gasteiger partial charge on any atom is -0.480 e. The van der Waals surface area contributed by atoms with Crippen molar-refractivity contribution in [3.05, 3.63) is 11.3 Å².